The molecule has 3 aromatic rings. The summed E-state index contributed by atoms with van der Waals surface area (Å²) in [6, 6.07) is 19.1. The van der Waals surface area contributed by atoms with Gasteiger partial charge in [-0.1, -0.05) is 68.7 Å². The van der Waals surface area contributed by atoms with Gasteiger partial charge in [-0.3, -0.25) is 0 Å². The molecule has 2 nitrogen and oxygen atoms in total. The average molecular weight is 453 g/mol. The number of hydrogen-bond acceptors (Lipinski definition) is 2. The third kappa shape index (κ3) is 4.59. The second kappa shape index (κ2) is 9.50. The molecule has 0 saturated heterocycles. The van der Waals surface area contributed by atoms with Crippen molar-refractivity contribution in [2.24, 2.45) is 0 Å². The molecular formula is C28H31F3N2. The van der Waals surface area contributed by atoms with E-state index in [0.717, 1.165) is 48.2 Å². The topological polar surface area (TPSA) is 6.48 Å². The summed E-state index contributed by atoms with van der Waals surface area (Å²) in [6.07, 6.45) is -0.815. The Balaban J connectivity index is 1.93. The second-order valence-corrected chi connectivity index (χ2v) is 8.75. The molecule has 0 radical (unpaired) electrons. The zero-order chi connectivity index (χ0) is 23.6. The largest absolute Gasteiger partial charge is 0.418 e. The summed E-state index contributed by atoms with van der Waals surface area (Å²) in [5.74, 6) is 0. The Bertz CT molecular complexity index is 1100. The molecule has 0 unspecified atom stereocenters. The highest BCUT2D eigenvalue weighted by molar-refractivity contribution is 5.96. The third-order valence-corrected chi connectivity index (χ3v) is 6.29. The molecule has 0 saturated carbocycles. The van der Waals surface area contributed by atoms with E-state index in [4.69, 9.17) is 0 Å². The molecule has 0 bridgehead atoms. The first-order chi connectivity index (χ1) is 15.8. The van der Waals surface area contributed by atoms with Crippen molar-refractivity contribution in [2.45, 2.75) is 52.6 Å². The zero-order valence-electron chi connectivity index (χ0n) is 19.5. The van der Waals surface area contributed by atoms with Gasteiger partial charge in [0.2, 0.25) is 0 Å². The number of unbranched alkanes of at least 4 members (excludes halogenated alkanes) is 2. The Morgan fingerprint density at radius 3 is 1.97 bits per heavy atom. The van der Waals surface area contributed by atoms with Gasteiger partial charge in [-0.25, -0.2) is 0 Å². The lowest BCUT2D eigenvalue weighted by Gasteiger charge is -2.42. The van der Waals surface area contributed by atoms with Gasteiger partial charge in [0.25, 0.3) is 0 Å². The highest BCUT2D eigenvalue weighted by atomic mass is 19.4. The predicted octanol–water partition coefficient (Wildman–Crippen LogP) is 8.87. The van der Waals surface area contributed by atoms with Gasteiger partial charge in [0.15, 0.2) is 0 Å². The number of para-hydroxylation sites is 1. The molecule has 4 rings (SSSR count). The molecule has 33 heavy (non-hydrogen) atoms. The number of nitrogens with zero attached hydrogens (tertiary/aromatic N) is 2. The third-order valence-electron chi connectivity index (χ3n) is 6.29. The van der Waals surface area contributed by atoms with E-state index in [0.29, 0.717) is 18.8 Å². The number of rotatable bonds is 7. The van der Waals surface area contributed by atoms with Crippen LogP contribution in [0.2, 0.25) is 0 Å². The molecule has 1 aliphatic rings. The van der Waals surface area contributed by atoms with Gasteiger partial charge in [0, 0.05) is 13.1 Å². The van der Waals surface area contributed by atoms with Crippen LogP contribution in [-0.2, 0) is 6.18 Å². The van der Waals surface area contributed by atoms with Crippen molar-refractivity contribution in [3.05, 3.63) is 71.8 Å². The Labute approximate surface area is 194 Å². The van der Waals surface area contributed by atoms with Crippen molar-refractivity contribution in [2.75, 3.05) is 22.9 Å². The molecule has 0 spiro atoms. The van der Waals surface area contributed by atoms with Crippen LogP contribution in [-0.4, -0.2) is 13.1 Å². The molecule has 3 aromatic carbocycles. The Morgan fingerprint density at radius 2 is 1.33 bits per heavy atom. The molecule has 0 atom stereocenters. The fraction of sp³-hybridized carbons (Fsp3) is 0.357. The highest BCUT2D eigenvalue weighted by Crippen LogP contribution is 2.53. The zero-order valence-corrected chi connectivity index (χ0v) is 19.5. The molecule has 1 aliphatic heterocycles. The molecular weight excluding hydrogens is 421 g/mol. The van der Waals surface area contributed by atoms with Crippen molar-refractivity contribution in [3.63, 3.8) is 0 Å². The van der Waals surface area contributed by atoms with Crippen molar-refractivity contribution in [1.29, 1.82) is 0 Å². The van der Waals surface area contributed by atoms with Crippen LogP contribution >= 0.6 is 0 Å². The number of alkyl halides is 3. The van der Waals surface area contributed by atoms with Gasteiger partial charge in [-0.15, -0.1) is 0 Å². The first kappa shape index (κ1) is 23.2. The van der Waals surface area contributed by atoms with Crippen LogP contribution in [0.5, 0.6) is 0 Å². The molecule has 0 fully saturated rings. The van der Waals surface area contributed by atoms with Crippen LogP contribution in [0.25, 0.3) is 11.1 Å². The molecule has 5 heteroatoms. The van der Waals surface area contributed by atoms with Gasteiger partial charge >= 0.3 is 6.18 Å². The summed E-state index contributed by atoms with van der Waals surface area (Å²) >= 11 is 0. The second-order valence-electron chi connectivity index (χ2n) is 8.75. The number of anilines is 4. The fourth-order valence-electron chi connectivity index (χ4n) is 4.51. The predicted molar refractivity (Wildman–Crippen MR) is 132 cm³/mol. The maximum atomic E-state index is 14.2. The SMILES string of the molecule is CCCCN1c2ccc(-c3ccc(C)cc3)cc2N(CCCC)c2c1cccc2C(F)(F)F. The van der Waals surface area contributed by atoms with Crippen LogP contribution in [0.3, 0.4) is 0 Å². The lowest BCUT2D eigenvalue weighted by Crippen LogP contribution is -2.32. The van der Waals surface area contributed by atoms with E-state index in [1.807, 2.05) is 17.9 Å². The minimum atomic E-state index is -4.42. The maximum Gasteiger partial charge on any atom is 0.418 e. The van der Waals surface area contributed by atoms with Crippen LogP contribution in [0.4, 0.5) is 35.9 Å². The van der Waals surface area contributed by atoms with Crippen molar-refractivity contribution >= 4 is 22.7 Å². The number of halogens is 3. The van der Waals surface area contributed by atoms with E-state index >= 15 is 0 Å². The van der Waals surface area contributed by atoms with Gasteiger partial charge in [-0.2, -0.15) is 13.2 Å². The first-order valence-corrected chi connectivity index (χ1v) is 11.8. The van der Waals surface area contributed by atoms with E-state index in [9.17, 15) is 13.2 Å². The maximum absolute atomic E-state index is 14.2. The smallest absolute Gasteiger partial charge is 0.338 e. The van der Waals surface area contributed by atoms with Crippen LogP contribution in [0, 0.1) is 6.92 Å². The quantitative estimate of drug-likeness (QED) is 0.353. The monoisotopic (exact) mass is 452 g/mol. The molecule has 1 heterocycles. The van der Waals surface area contributed by atoms with Crippen molar-refractivity contribution in [3.8, 4) is 11.1 Å². The minimum Gasteiger partial charge on any atom is -0.338 e. The van der Waals surface area contributed by atoms with Crippen molar-refractivity contribution < 1.29 is 13.2 Å². The standard InChI is InChI=1S/C28H31F3N2/c1-4-6-17-32-24-16-15-22(21-13-11-20(3)12-14-21)19-26(24)33(18-7-5-2)27-23(28(29,30)31)9-8-10-25(27)32/h8-16,19H,4-7,17-18H2,1-3H3. The van der Waals surface area contributed by atoms with Crippen LogP contribution in [0.1, 0.15) is 50.7 Å². The summed E-state index contributed by atoms with van der Waals surface area (Å²) in [5, 5.41) is 0. The van der Waals surface area contributed by atoms with Gasteiger partial charge in [0.05, 0.1) is 28.3 Å². The van der Waals surface area contributed by atoms with E-state index in [1.165, 1.54) is 17.7 Å². The van der Waals surface area contributed by atoms with Gasteiger partial charge < -0.3 is 9.80 Å². The van der Waals surface area contributed by atoms with E-state index < -0.39 is 11.7 Å². The molecule has 0 amide bonds. The lowest BCUT2D eigenvalue weighted by molar-refractivity contribution is -0.137. The molecule has 0 aliphatic carbocycles. The van der Waals surface area contributed by atoms with E-state index in [2.05, 4.69) is 61.2 Å². The Hall–Kier alpha value is -2.95. The average Bonchev–Trinajstić information content (AvgIpc) is 2.80. The van der Waals surface area contributed by atoms with E-state index in [-0.39, 0.29) is 5.69 Å². The minimum absolute atomic E-state index is 0.281. The summed E-state index contributed by atoms with van der Waals surface area (Å²) in [4.78, 5) is 3.97. The summed E-state index contributed by atoms with van der Waals surface area (Å²) in [7, 11) is 0. The number of hydrogen-bond donors (Lipinski definition) is 0. The summed E-state index contributed by atoms with van der Waals surface area (Å²) in [6.45, 7) is 7.44. The molecule has 0 aromatic heterocycles. The summed E-state index contributed by atoms with van der Waals surface area (Å²) < 4.78 is 42.5. The number of fused-ring (bicyclic) bond motifs is 2. The van der Waals surface area contributed by atoms with Crippen LogP contribution < -0.4 is 9.80 Å². The molecule has 0 N–H and O–H groups in total. The normalized spacial score (nSPS) is 13.2. The number of aryl methyl sites for hydroxylation is 1. The van der Waals surface area contributed by atoms with Gasteiger partial charge in [0.1, 0.15) is 0 Å². The van der Waals surface area contributed by atoms with Gasteiger partial charge in [-0.05, 0) is 55.2 Å². The Kier molecular flexibility index (Phi) is 6.68. The summed E-state index contributed by atoms with van der Waals surface area (Å²) in [5.41, 5.74) is 5.43. The lowest BCUT2D eigenvalue weighted by atomic mass is 9.97. The van der Waals surface area contributed by atoms with Crippen LogP contribution in [0.15, 0.2) is 60.7 Å². The van der Waals surface area contributed by atoms with E-state index in [1.54, 1.807) is 0 Å². The molecule has 174 valence electrons. The fourth-order valence-corrected chi connectivity index (χ4v) is 4.51. The first-order valence-electron chi connectivity index (χ1n) is 11.8. The van der Waals surface area contributed by atoms with Crippen molar-refractivity contribution in [1.82, 2.24) is 0 Å². The number of benzene rings is 3. The highest BCUT2D eigenvalue weighted by Gasteiger charge is 2.39. The Morgan fingerprint density at radius 1 is 0.697 bits per heavy atom.